The molecule has 0 aliphatic carbocycles. The van der Waals surface area contributed by atoms with Crippen LogP contribution in [-0.2, 0) is 15.7 Å². The number of rotatable bonds is 20. The highest BCUT2D eigenvalue weighted by atomic mass is 31.2. The number of aromatic nitrogens is 2. The molecule has 0 radical (unpaired) electrons. The smallest absolute Gasteiger partial charge is 0.390 e. The monoisotopic (exact) mass is 714 g/mol. The van der Waals surface area contributed by atoms with Gasteiger partial charge >= 0.3 is 5.95 Å². The quantitative estimate of drug-likeness (QED) is 0.0454. The van der Waals surface area contributed by atoms with E-state index >= 15 is 4.57 Å². The minimum absolute atomic E-state index is 0.0401. The highest BCUT2D eigenvalue weighted by Gasteiger charge is 2.36. The van der Waals surface area contributed by atoms with E-state index in [0.717, 1.165) is 36.5 Å². The van der Waals surface area contributed by atoms with Gasteiger partial charge in [-0.2, -0.15) is 0 Å². The van der Waals surface area contributed by atoms with Gasteiger partial charge in [0.25, 0.3) is 0 Å². The summed E-state index contributed by atoms with van der Waals surface area (Å²) in [6, 6.07) is 37.6. The summed E-state index contributed by atoms with van der Waals surface area (Å²) in [6.07, 6.45) is 4.02. The third kappa shape index (κ3) is 9.31. The van der Waals surface area contributed by atoms with Gasteiger partial charge in [-0.15, -0.1) is 0 Å². The number of imidazole rings is 1. The SMILES string of the molecule is O=[N+]([O-])c1nccn1CC(O)CN(CCCCNCCCNP(=O)(c1ccccc1)c1ccccc1)P(=O)(c1ccccc1)c1ccccc1. The van der Waals surface area contributed by atoms with E-state index < -0.39 is 25.6 Å². The van der Waals surface area contributed by atoms with Gasteiger partial charge in [0, 0.05) is 40.9 Å². The molecule has 0 saturated heterocycles. The van der Waals surface area contributed by atoms with Crippen LogP contribution in [0.2, 0.25) is 0 Å². The maximum Gasteiger partial charge on any atom is 0.434 e. The average molecular weight is 715 g/mol. The number of nitrogens with one attached hydrogen (secondary N) is 2. The zero-order chi connectivity index (χ0) is 35.2. The molecule has 0 amide bonds. The summed E-state index contributed by atoms with van der Waals surface area (Å²) >= 11 is 0. The fourth-order valence-corrected chi connectivity index (χ4v) is 11.2. The molecule has 0 saturated carbocycles. The predicted octanol–water partition coefficient (Wildman–Crippen LogP) is 4.66. The average Bonchev–Trinajstić information content (AvgIpc) is 3.63. The Bertz CT molecular complexity index is 1780. The summed E-state index contributed by atoms with van der Waals surface area (Å²) < 4.78 is 32.5. The van der Waals surface area contributed by atoms with E-state index in [1.807, 2.05) is 126 Å². The van der Waals surface area contributed by atoms with Gasteiger partial charge in [0.15, 0.2) is 0 Å². The molecule has 0 spiro atoms. The molecule has 1 aromatic heterocycles. The van der Waals surface area contributed by atoms with Crippen LogP contribution in [0.4, 0.5) is 5.95 Å². The number of nitrogens with zero attached hydrogens (tertiary/aromatic N) is 4. The summed E-state index contributed by atoms with van der Waals surface area (Å²) in [5.41, 5.74) is 0. The van der Waals surface area contributed by atoms with Crippen LogP contribution in [0.15, 0.2) is 134 Å². The van der Waals surface area contributed by atoms with Gasteiger partial charge < -0.3 is 20.5 Å². The van der Waals surface area contributed by atoms with Gasteiger partial charge in [-0.25, -0.2) is 9.24 Å². The first-order valence-corrected chi connectivity index (χ1v) is 20.2. The van der Waals surface area contributed by atoms with Crippen molar-refractivity contribution in [1.82, 2.24) is 24.6 Å². The zero-order valence-corrected chi connectivity index (χ0v) is 29.7. The van der Waals surface area contributed by atoms with Crippen LogP contribution in [0.1, 0.15) is 19.3 Å². The number of hydrogen-bond acceptors (Lipinski definition) is 7. The molecule has 5 aromatic rings. The Morgan fingerprint density at radius 3 is 1.76 bits per heavy atom. The number of aliphatic hydroxyl groups excluding tert-OH is 1. The summed E-state index contributed by atoms with van der Waals surface area (Å²) in [6.45, 7) is 2.45. The second kappa shape index (κ2) is 18.2. The van der Waals surface area contributed by atoms with Crippen LogP contribution in [0, 0.1) is 10.1 Å². The molecule has 0 bridgehead atoms. The van der Waals surface area contributed by atoms with Gasteiger partial charge in [0.2, 0.25) is 14.6 Å². The minimum atomic E-state index is -3.39. The zero-order valence-electron chi connectivity index (χ0n) is 27.9. The Labute approximate surface area is 293 Å². The molecule has 13 heteroatoms. The second-order valence-corrected chi connectivity index (χ2v) is 17.3. The van der Waals surface area contributed by atoms with E-state index in [1.54, 1.807) is 0 Å². The molecule has 3 N–H and O–H groups in total. The molecule has 50 heavy (non-hydrogen) atoms. The number of unbranched alkanes of at least 4 members (excludes halogenated alkanes) is 1. The molecule has 0 fully saturated rings. The molecule has 4 aromatic carbocycles. The number of nitro groups is 1. The largest absolute Gasteiger partial charge is 0.434 e. The minimum Gasteiger partial charge on any atom is -0.390 e. The fraction of sp³-hybridized carbons (Fsp3) is 0.270. The Morgan fingerprint density at radius 2 is 1.24 bits per heavy atom. The van der Waals surface area contributed by atoms with Crippen molar-refractivity contribution >= 4 is 41.8 Å². The number of hydrogen-bond donors (Lipinski definition) is 3. The van der Waals surface area contributed by atoms with Gasteiger partial charge in [0.1, 0.15) is 12.4 Å². The molecule has 1 atom stereocenters. The summed E-state index contributed by atoms with van der Waals surface area (Å²) in [5, 5.41) is 32.3. The van der Waals surface area contributed by atoms with Crippen molar-refractivity contribution in [3.8, 4) is 0 Å². The lowest BCUT2D eigenvalue weighted by Crippen LogP contribution is -2.39. The molecule has 5 rings (SSSR count). The van der Waals surface area contributed by atoms with Gasteiger partial charge in [-0.1, -0.05) is 77.8 Å². The summed E-state index contributed by atoms with van der Waals surface area (Å²) in [7, 11) is -6.36. The lowest BCUT2D eigenvalue weighted by atomic mass is 10.3. The summed E-state index contributed by atoms with van der Waals surface area (Å²) in [4.78, 5) is 14.6. The third-order valence-electron chi connectivity index (χ3n) is 8.42. The number of aliphatic hydroxyl groups is 1. The maximum absolute atomic E-state index is 15.2. The summed E-state index contributed by atoms with van der Waals surface area (Å²) in [5.74, 6) is -0.353. The molecule has 11 nitrogen and oxygen atoms in total. The van der Waals surface area contributed by atoms with Crippen LogP contribution >= 0.6 is 14.6 Å². The maximum atomic E-state index is 15.2. The van der Waals surface area contributed by atoms with E-state index in [0.29, 0.717) is 30.1 Å². The highest BCUT2D eigenvalue weighted by Crippen LogP contribution is 2.47. The van der Waals surface area contributed by atoms with Crippen molar-refractivity contribution in [2.45, 2.75) is 31.9 Å². The van der Waals surface area contributed by atoms with Crippen molar-refractivity contribution < 1.29 is 19.2 Å². The van der Waals surface area contributed by atoms with Crippen molar-refractivity contribution in [3.05, 3.63) is 144 Å². The first kappa shape index (κ1) is 37.1. The van der Waals surface area contributed by atoms with Crippen LogP contribution in [0.25, 0.3) is 0 Å². The molecule has 262 valence electrons. The van der Waals surface area contributed by atoms with Crippen molar-refractivity contribution in [1.29, 1.82) is 0 Å². The first-order chi connectivity index (χ1) is 24.3. The van der Waals surface area contributed by atoms with Gasteiger partial charge in [-0.05, 0) is 85.8 Å². The Morgan fingerprint density at radius 1 is 0.740 bits per heavy atom. The van der Waals surface area contributed by atoms with E-state index in [4.69, 9.17) is 0 Å². The van der Waals surface area contributed by atoms with E-state index in [-0.39, 0.29) is 19.0 Å². The van der Waals surface area contributed by atoms with E-state index in [2.05, 4.69) is 15.4 Å². The highest BCUT2D eigenvalue weighted by molar-refractivity contribution is 7.77. The second-order valence-electron chi connectivity index (χ2n) is 11.9. The Balaban J connectivity index is 1.19. The Kier molecular flexibility index (Phi) is 13.5. The number of benzene rings is 4. The van der Waals surface area contributed by atoms with Crippen molar-refractivity contribution in [2.24, 2.45) is 0 Å². The standard InChI is InChI=1S/C37H44N6O5P2/c44-32(30-41-29-27-39-37(41)43(45)46)31-42(50(48,35-20-9-3-10-21-35)36-22-11-4-12-23-36)28-14-13-24-38-25-15-26-40-49(47,33-16-5-1-6-17-33)34-18-7-2-8-19-34/h1-12,16-23,27,29,32,38,44H,13-15,24-26,28,30-31H2,(H,40,47). The molecular formula is C37H44N6O5P2. The lowest BCUT2D eigenvalue weighted by Gasteiger charge is -2.34. The topological polar surface area (TPSA) is 143 Å². The molecule has 0 aliphatic heterocycles. The normalized spacial score (nSPS) is 12.6. The Hall–Kier alpha value is -4.21. The van der Waals surface area contributed by atoms with E-state index in [9.17, 15) is 19.8 Å². The molecule has 1 heterocycles. The van der Waals surface area contributed by atoms with Crippen LogP contribution in [-0.4, -0.2) is 63.1 Å². The molecule has 1 unspecified atom stereocenters. The predicted molar refractivity (Wildman–Crippen MR) is 201 cm³/mol. The molecule has 0 aliphatic rings. The lowest BCUT2D eigenvalue weighted by molar-refractivity contribution is -0.397. The van der Waals surface area contributed by atoms with Crippen molar-refractivity contribution in [2.75, 3.05) is 32.7 Å². The molecular weight excluding hydrogens is 670 g/mol. The first-order valence-electron chi connectivity index (χ1n) is 16.8. The fourth-order valence-electron chi connectivity index (χ4n) is 5.95. The third-order valence-corrected chi connectivity index (χ3v) is 14.3. The van der Waals surface area contributed by atoms with Crippen molar-refractivity contribution in [3.63, 3.8) is 0 Å². The van der Waals surface area contributed by atoms with E-state index in [1.165, 1.54) is 17.0 Å². The van der Waals surface area contributed by atoms with Gasteiger partial charge in [0.05, 0.1) is 12.6 Å². The van der Waals surface area contributed by atoms with Gasteiger partial charge in [-0.3, -0.25) is 14.2 Å². The van der Waals surface area contributed by atoms with Crippen LogP contribution in [0.3, 0.4) is 0 Å². The van der Waals surface area contributed by atoms with Crippen LogP contribution < -0.4 is 31.6 Å². The van der Waals surface area contributed by atoms with Crippen LogP contribution in [0.5, 0.6) is 0 Å².